The van der Waals surface area contributed by atoms with Crippen molar-refractivity contribution in [1.29, 1.82) is 0 Å². The van der Waals surface area contributed by atoms with Gasteiger partial charge in [-0.2, -0.15) is 5.10 Å². The topological polar surface area (TPSA) is 110 Å². The molecule has 0 bridgehead atoms. The number of H-pyrrole nitrogens is 1. The number of nitro groups is 1. The Bertz CT molecular complexity index is 638. The second kappa shape index (κ2) is 5.83. The van der Waals surface area contributed by atoms with Crippen LogP contribution in [0.4, 0.5) is 11.5 Å². The van der Waals surface area contributed by atoms with Crippen molar-refractivity contribution in [3.05, 3.63) is 46.1 Å². The Hall–Kier alpha value is -2.90. The molecule has 1 amide bonds. The Balaban J connectivity index is 1.97. The first-order valence-corrected chi connectivity index (χ1v) is 5.74. The van der Waals surface area contributed by atoms with Gasteiger partial charge in [0, 0.05) is 11.6 Å². The second-order valence-corrected chi connectivity index (χ2v) is 3.99. The lowest BCUT2D eigenvalue weighted by Gasteiger charge is -2.07. The summed E-state index contributed by atoms with van der Waals surface area (Å²) in [5.41, 5.74) is 0.599. The maximum absolute atomic E-state index is 11.7. The number of aromatic amines is 1. The fourth-order valence-corrected chi connectivity index (χ4v) is 1.52. The minimum absolute atomic E-state index is 0.0500. The Kier molecular flexibility index (Phi) is 3.94. The molecule has 0 atom stereocenters. The molecular weight excluding hydrogens is 264 g/mol. The van der Waals surface area contributed by atoms with Crippen LogP contribution in [0.1, 0.15) is 5.56 Å². The number of aryl methyl sites for hydroxylation is 1. The molecule has 8 heteroatoms. The first-order chi connectivity index (χ1) is 9.58. The molecule has 8 nitrogen and oxygen atoms in total. The summed E-state index contributed by atoms with van der Waals surface area (Å²) in [4.78, 5) is 21.9. The zero-order valence-corrected chi connectivity index (χ0v) is 10.6. The number of rotatable bonds is 5. The zero-order chi connectivity index (χ0) is 14.5. The summed E-state index contributed by atoms with van der Waals surface area (Å²) in [6.07, 6.45) is 1.57. The number of para-hydroxylation sites is 2. The normalized spacial score (nSPS) is 10.1. The highest BCUT2D eigenvalue weighted by Gasteiger charge is 2.15. The van der Waals surface area contributed by atoms with E-state index in [1.54, 1.807) is 19.2 Å². The number of benzene rings is 1. The number of nitrogens with one attached hydrogen (secondary N) is 2. The molecule has 0 unspecified atom stereocenters. The second-order valence-electron chi connectivity index (χ2n) is 3.99. The molecule has 0 fully saturated rings. The van der Waals surface area contributed by atoms with Gasteiger partial charge in [-0.15, -0.1) is 0 Å². The van der Waals surface area contributed by atoms with Gasteiger partial charge in [-0.3, -0.25) is 20.0 Å². The Morgan fingerprint density at radius 1 is 1.50 bits per heavy atom. The van der Waals surface area contributed by atoms with Gasteiger partial charge in [0.25, 0.3) is 5.91 Å². The van der Waals surface area contributed by atoms with Gasteiger partial charge < -0.3 is 10.1 Å². The number of nitrogens with zero attached hydrogens (tertiary/aromatic N) is 2. The molecule has 0 saturated heterocycles. The van der Waals surface area contributed by atoms with E-state index in [-0.39, 0.29) is 18.0 Å². The largest absolute Gasteiger partial charge is 0.477 e. The highest BCUT2D eigenvalue weighted by atomic mass is 16.6. The average Bonchev–Trinajstić information content (AvgIpc) is 2.82. The van der Waals surface area contributed by atoms with E-state index in [0.717, 1.165) is 5.56 Å². The number of ether oxygens (including phenoxy) is 1. The molecule has 0 saturated carbocycles. The first kappa shape index (κ1) is 13.5. The first-order valence-electron chi connectivity index (χ1n) is 5.74. The zero-order valence-electron chi connectivity index (χ0n) is 10.6. The summed E-state index contributed by atoms with van der Waals surface area (Å²) in [5, 5.41) is 19.7. The van der Waals surface area contributed by atoms with Gasteiger partial charge in [-0.25, -0.2) is 0 Å². The van der Waals surface area contributed by atoms with Gasteiger partial charge in [0.1, 0.15) is 5.82 Å². The summed E-state index contributed by atoms with van der Waals surface area (Å²) in [7, 11) is 0. The van der Waals surface area contributed by atoms with E-state index < -0.39 is 10.8 Å². The molecule has 1 heterocycles. The number of hydrogen-bond acceptors (Lipinski definition) is 5. The fraction of sp³-hybridized carbons (Fsp3) is 0.167. The molecule has 2 aromatic rings. The lowest BCUT2D eigenvalue weighted by atomic mass is 10.3. The third-order valence-electron chi connectivity index (χ3n) is 2.51. The van der Waals surface area contributed by atoms with E-state index in [0.29, 0.717) is 5.82 Å². The van der Waals surface area contributed by atoms with Crippen molar-refractivity contribution in [3.8, 4) is 5.75 Å². The van der Waals surface area contributed by atoms with Gasteiger partial charge in [0.05, 0.1) is 11.1 Å². The van der Waals surface area contributed by atoms with E-state index in [1.165, 1.54) is 18.2 Å². The molecule has 0 aliphatic carbocycles. The smallest absolute Gasteiger partial charge is 0.310 e. The molecule has 2 rings (SSSR count). The van der Waals surface area contributed by atoms with Crippen molar-refractivity contribution >= 4 is 17.4 Å². The van der Waals surface area contributed by atoms with Crippen molar-refractivity contribution in [1.82, 2.24) is 10.2 Å². The highest BCUT2D eigenvalue weighted by molar-refractivity contribution is 5.91. The van der Waals surface area contributed by atoms with Gasteiger partial charge in [-0.05, 0) is 13.0 Å². The number of carbonyl (C=O) groups is 1. The summed E-state index contributed by atoms with van der Waals surface area (Å²) in [6.45, 7) is 1.45. The lowest BCUT2D eigenvalue weighted by Crippen LogP contribution is -2.21. The number of nitro benzene ring substituents is 1. The van der Waals surface area contributed by atoms with E-state index >= 15 is 0 Å². The lowest BCUT2D eigenvalue weighted by molar-refractivity contribution is -0.385. The standard InChI is InChI=1S/C12H12N4O4/c1-8-6-13-15-12(8)14-11(17)7-20-10-5-3-2-4-9(10)16(18)19/h2-6H,7H2,1H3,(H2,13,14,15,17). The van der Waals surface area contributed by atoms with Crippen LogP contribution in [0.5, 0.6) is 5.75 Å². The fourth-order valence-electron chi connectivity index (χ4n) is 1.52. The molecular formula is C12H12N4O4. The minimum Gasteiger partial charge on any atom is -0.477 e. The van der Waals surface area contributed by atoms with Crippen molar-refractivity contribution < 1.29 is 14.5 Å². The van der Waals surface area contributed by atoms with Crippen LogP contribution in [0.3, 0.4) is 0 Å². The van der Waals surface area contributed by atoms with E-state index in [1.807, 2.05) is 0 Å². The molecule has 20 heavy (non-hydrogen) atoms. The number of carbonyl (C=O) groups excluding carboxylic acids is 1. The van der Waals surface area contributed by atoms with Crippen LogP contribution in [0.15, 0.2) is 30.5 Å². The molecule has 104 valence electrons. The summed E-state index contributed by atoms with van der Waals surface area (Å²) < 4.78 is 5.16. The molecule has 0 spiro atoms. The monoisotopic (exact) mass is 276 g/mol. The molecule has 1 aromatic heterocycles. The quantitative estimate of drug-likeness (QED) is 0.637. The minimum atomic E-state index is -0.563. The van der Waals surface area contributed by atoms with Gasteiger partial charge >= 0.3 is 5.69 Å². The maximum atomic E-state index is 11.7. The van der Waals surface area contributed by atoms with Crippen LogP contribution < -0.4 is 10.1 Å². The van der Waals surface area contributed by atoms with Crippen molar-refractivity contribution in [2.75, 3.05) is 11.9 Å². The van der Waals surface area contributed by atoms with E-state index in [4.69, 9.17) is 4.74 Å². The number of anilines is 1. The molecule has 0 aliphatic heterocycles. The average molecular weight is 276 g/mol. The summed E-state index contributed by atoms with van der Waals surface area (Å²) in [5.74, 6) is 0.0886. The third kappa shape index (κ3) is 3.10. The van der Waals surface area contributed by atoms with Gasteiger partial charge in [-0.1, -0.05) is 12.1 Å². The molecule has 0 aliphatic rings. The van der Waals surface area contributed by atoms with Crippen molar-refractivity contribution in [3.63, 3.8) is 0 Å². The molecule has 1 aromatic carbocycles. The number of amides is 1. The number of aromatic nitrogens is 2. The molecule has 0 radical (unpaired) electrons. The Labute approximate surface area is 113 Å². The maximum Gasteiger partial charge on any atom is 0.310 e. The third-order valence-corrected chi connectivity index (χ3v) is 2.51. The van der Waals surface area contributed by atoms with Crippen LogP contribution in [-0.2, 0) is 4.79 Å². The van der Waals surface area contributed by atoms with E-state index in [9.17, 15) is 14.9 Å². The van der Waals surface area contributed by atoms with Crippen LogP contribution in [0.25, 0.3) is 0 Å². The predicted octanol–water partition coefficient (Wildman–Crippen LogP) is 1.64. The van der Waals surface area contributed by atoms with Crippen molar-refractivity contribution in [2.24, 2.45) is 0 Å². The van der Waals surface area contributed by atoms with Gasteiger partial charge in [0.15, 0.2) is 12.4 Å². The SMILES string of the molecule is Cc1cn[nH]c1NC(=O)COc1ccccc1[N+](=O)[O-]. The Morgan fingerprint density at radius 2 is 2.25 bits per heavy atom. The van der Waals surface area contributed by atoms with Crippen LogP contribution >= 0.6 is 0 Å². The van der Waals surface area contributed by atoms with Crippen LogP contribution in [0.2, 0.25) is 0 Å². The predicted molar refractivity (Wildman–Crippen MR) is 70.5 cm³/mol. The van der Waals surface area contributed by atoms with E-state index in [2.05, 4.69) is 15.5 Å². The summed E-state index contributed by atoms with van der Waals surface area (Å²) >= 11 is 0. The van der Waals surface area contributed by atoms with Crippen LogP contribution in [0, 0.1) is 17.0 Å². The summed E-state index contributed by atoms with van der Waals surface area (Å²) in [6, 6.07) is 5.87. The number of hydrogen-bond donors (Lipinski definition) is 2. The highest BCUT2D eigenvalue weighted by Crippen LogP contribution is 2.25. The van der Waals surface area contributed by atoms with Crippen LogP contribution in [-0.4, -0.2) is 27.6 Å². The van der Waals surface area contributed by atoms with Crippen molar-refractivity contribution in [2.45, 2.75) is 6.92 Å². The Morgan fingerprint density at radius 3 is 2.90 bits per heavy atom. The van der Waals surface area contributed by atoms with Gasteiger partial charge in [0.2, 0.25) is 0 Å². The molecule has 2 N–H and O–H groups in total.